The van der Waals surface area contributed by atoms with Gasteiger partial charge in [0.25, 0.3) is 5.91 Å². The molecule has 3 nitrogen and oxygen atoms in total. The van der Waals surface area contributed by atoms with Crippen molar-refractivity contribution in [3.05, 3.63) is 29.3 Å². The number of phenols is 1. The van der Waals surface area contributed by atoms with Crippen LogP contribution in [0.5, 0.6) is 5.75 Å². The molecule has 1 aliphatic carbocycles. The van der Waals surface area contributed by atoms with E-state index in [2.05, 4.69) is 18.7 Å². The SMILES string of the molecule is Cc1cc(C(=O)N(CCC(C)C)C2CCCC2)ccc1O. The number of nitrogens with zero attached hydrogens (tertiary/aromatic N) is 1. The predicted molar refractivity (Wildman–Crippen MR) is 85.6 cm³/mol. The molecule has 2 rings (SSSR count). The summed E-state index contributed by atoms with van der Waals surface area (Å²) in [6.07, 6.45) is 5.75. The van der Waals surface area contributed by atoms with Crippen molar-refractivity contribution in [3.63, 3.8) is 0 Å². The normalized spacial score (nSPS) is 15.6. The zero-order chi connectivity index (χ0) is 15.4. The Morgan fingerprint density at radius 1 is 1.33 bits per heavy atom. The Bertz CT molecular complexity index is 490. The molecule has 1 aromatic carbocycles. The van der Waals surface area contributed by atoms with Crippen molar-refractivity contribution in [2.75, 3.05) is 6.54 Å². The summed E-state index contributed by atoms with van der Waals surface area (Å²) < 4.78 is 0. The summed E-state index contributed by atoms with van der Waals surface area (Å²) >= 11 is 0. The lowest BCUT2D eigenvalue weighted by molar-refractivity contribution is 0.0672. The minimum atomic E-state index is 0.116. The Balaban J connectivity index is 2.17. The van der Waals surface area contributed by atoms with Crippen LogP contribution in [0.1, 0.15) is 61.9 Å². The average Bonchev–Trinajstić information content (AvgIpc) is 2.95. The van der Waals surface area contributed by atoms with Gasteiger partial charge in [0.15, 0.2) is 0 Å². The third-order valence-electron chi connectivity index (χ3n) is 4.42. The number of benzene rings is 1. The largest absolute Gasteiger partial charge is 0.508 e. The van der Waals surface area contributed by atoms with Gasteiger partial charge in [-0.2, -0.15) is 0 Å². The Kier molecular flexibility index (Phi) is 5.27. The average molecular weight is 289 g/mol. The summed E-state index contributed by atoms with van der Waals surface area (Å²) in [6.45, 7) is 7.06. The summed E-state index contributed by atoms with van der Waals surface area (Å²) in [5.41, 5.74) is 1.46. The van der Waals surface area contributed by atoms with E-state index in [0.29, 0.717) is 17.5 Å². The van der Waals surface area contributed by atoms with E-state index in [1.165, 1.54) is 12.8 Å². The van der Waals surface area contributed by atoms with Crippen LogP contribution in [0.25, 0.3) is 0 Å². The smallest absolute Gasteiger partial charge is 0.254 e. The molecule has 0 unspecified atom stereocenters. The number of aromatic hydroxyl groups is 1. The fraction of sp³-hybridized carbons (Fsp3) is 0.611. The van der Waals surface area contributed by atoms with E-state index in [0.717, 1.165) is 31.4 Å². The second kappa shape index (κ2) is 6.97. The van der Waals surface area contributed by atoms with E-state index in [-0.39, 0.29) is 11.7 Å². The maximum absolute atomic E-state index is 12.9. The van der Waals surface area contributed by atoms with Crippen molar-refractivity contribution in [3.8, 4) is 5.75 Å². The molecular weight excluding hydrogens is 262 g/mol. The Morgan fingerprint density at radius 3 is 2.57 bits per heavy atom. The van der Waals surface area contributed by atoms with Gasteiger partial charge in [-0.1, -0.05) is 26.7 Å². The fourth-order valence-electron chi connectivity index (χ4n) is 3.02. The molecule has 0 aliphatic heterocycles. The van der Waals surface area contributed by atoms with Crippen molar-refractivity contribution < 1.29 is 9.90 Å². The number of rotatable bonds is 5. The van der Waals surface area contributed by atoms with Gasteiger partial charge in [0, 0.05) is 18.2 Å². The van der Waals surface area contributed by atoms with Crippen molar-refractivity contribution in [1.29, 1.82) is 0 Å². The van der Waals surface area contributed by atoms with Gasteiger partial charge in [0.05, 0.1) is 0 Å². The molecule has 116 valence electrons. The van der Waals surface area contributed by atoms with Gasteiger partial charge >= 0.3 is 0 Å². The van der Waals surface area contributed by atoms with Gasteiger partial charge < -0.3 is 10.0 Å². The predicted octanol–water partition coefficient (Wildman–Crippen LogP) is 4.13. The van der Waals surface area contributed by atoms with E-state index < -0.39 is 0 Å². The number of hydrogen-bond donors (Lipinski definition) is 1. The van der Waals surface area contributed by atoms with E-state index in [1.807, 2.05) is 6.92 Å². The van der Waals surface area contributed by atoms with Crippen LogP contribution < -0.4 is 0 Å². The molecule has 1 aromatic rings. The molecule has 1 fully saturated rings. The van der Waals surface area contributed by atoms with Gasteiger partial charge in [-0.15, -0.1) is 0 Å². The van der Waals surface area contributed by atoms with E-state index in [1.54, 1.807) is 18.2 Å². The number of carbonyl (C=O) groups excluding carboxylic acids is 1. The molecule has 0 spiro atoms. The summed E-state index contributed by atoms with van der Waals surface area (Å²) in [7, 11) is 0. The first-order valence-electron chi connectivity index (χ1n) is 8.09. The number of phenolic OH excluding ortho intramolecular Hbond substituents is 1. The van der Waals surface area contributed by atoms with Gasteiger partial charge in [0.2, 0.25) is 0 Å². The minimum absolute atomic E-state index is 0.116. The van der Waals surface area contributed by atoms with Crippen LogP contribution in [0.3, 0.4) is 0 Å². The zero-order valence-corrected chi connectivity index (χ0v) is 13.4. The minimum Gasteiger partial charge on any atom is -0.508 e. The molecule has 0 saturated heterocycles. The Hall–Kier alpha value is -1.51. The van der Waals surface area contributed by atoms with Gasteiger partial charge in [0.1, 0.15) is 5.75 Å². The third-order valence-corrected chi connectivity index (χ3v) is 4.42. The fourth-order valence-corrected chi connectivity index (χ4v) is 3.02. The molecule has 0 aromatic heterocycles. The van der Waals surface area contributed by atoms with Crippen LogP contribution >= 0.6 is 0 Å². The van der Waals surface area contributed by atoms with E-state index in [4.69, 9.17) is 0 Å². The summed E-state index contributed by atoms with van der Waals surface area (Å²) in [5, 5.41) is 9.63. The van der Waals surface area contributed by atoms with Crippen molar-refractivity contribution in [2.24, 2.45) is 5.92 Å². The first kappa shape index (κ1) is 15.9. The van der Waals surface area contributed by atoms with Crippen molar-refractivity contribution >= 4 is 5.91 Å². The number of aryl methyl sites for hydroxylation is 1. The van der Waals surface area contributed by atoms with Gasteiger partial charge in [-0.25, -0.2) is 0 Å². The molecule has 3 heteroatoms. The lowest BCUT2D eigenvalue weighted by atomic mass is 10.1. The van der Waals surface area contributed by atoms with Crippen LogP contribution in [0.4, 0.5) is 0 Å². The Labute approximate surface area is 128 Å². The van der Waals surface area contributed by atoms with Crippen LogP contribution in [-0.2, 0) is 0 Å². The van der Waals surface area contributed by atoms with Crippen LogP contribution in [0.15, 0.2) is 18.2 Å². The highest BCUT2D eigenvalue weighted by atomic mass is 16.3. The summed E-state index contributed by atoms with van der Waals surface area (Å²) in [5.74, 6) is 0.968. The van der Waals surface area contributed by atoms with Crippen LogP contribution in [0, 0.1) is 12.8 Å². The molecule has 0 bridgehead atoms. The van der Waals surface area contributed by atoms with Gasteiger partial charge in [-0.05, 0) is 55.9 Å². The number of amides is 1. The van der Waals surface area contributed by atoms with E-state index in [9.17, 15) is 9.90 Å². The van der Waals surface area contributed by atoms with Gasteiger partial charge in [-0.3, -0.25) is 4.79 Å². The maximum Gasteiger partial charge on any atom is 0.254 e. The lowest BCUT2D eigenvalue weighted by Gasteiger charge is -2.30. The maximum atomic E-state index is 12.9. The summed E-state index contributed by atoms with van der Waals surface area (Å²) in [6, 6.07) is 5.56. The quantitative estimate of drug-likeness (QED) is 0.885. The Morgan fingerprint density at radius 2 is 2.00 bits per heavy atom. The molecule has 1 aliphatic rings. The topological polar surface area (TPSA) is 40.5 Å². The molecule has 0 atom stereocenters. The number of carbonyl (C=O) groups is 1. The molecule has 0 heterocycles. The standard InChI is InChI=1S/C18H27NO2/c1-13(2)10-11-19(16-6-4-5-7-16)18(21)15-8-9-17(20)14(3)12-15/h8-9,12-13,16,20H,4-7,10-11H2,1-3H3. The highest BCUT2D eigenvalue weighted by Crippen LogP contribution is 2.26. The summed E-state index contributed by atoms with van der Waals surface area (Å²) in [4.78, 5) is 14.9. The molecule has 1 saturated carbocycles. The molecule has 21 heavy (non-hydrogen) atoms. The molecule has 1 amide bonds. The zero-order valence-electron chi connectivity index (χ0n) is 13.4. The first-order chi connectivity index (χ1) is 9.99. The number of hydrogen-bond acceptors (Lipinski definition) is 2. The molecule has 1 N–H and O–H groups in total. The highest BCUT2D eigenvalue weighted by molar-refractivity contribution is 5.94. The lowest BCUT2D eigenvalue weighted by Crippen LogP contribution is -2.40. The second-order valence-electron chi connectivity index (χ2n) is 6.62. The van der Waals surface area contributed by atoms with Crippen LogP contribution in [-0.4, -0.2) is 28.5 Å². The molecular formula is C18H27NO2. The molecule has 0 radical (unpaired) electrons. The van der Waals surface area contributed by atoms with Crippen LogP contribution in [0.2, 0.25) is 0 Å². The van der Waals surface area contributed by atoms with Crippen molar-refractivity contribution in [1.82, 2.24) is 4.90 Å². The van der Waals surface area contributed by atoms with Crippen molar-refractivity contribution in [2.45, 2.75) is 58.9 Å². The first-order valence-corrected chi connectivity index (χ1v) is 8.09. The second-order valence-corrected chi connectivity index (χ2v) is 6.62. The third kappa shape index (κ3) is 3.99. The highest BCUT2D eigenvalue weighted by Gasteiger charge is 2.27. The monoisotopic (exact) mass is 289 g/mol. The van der Waals surface area contributed by atoms with E-state index >= 15 is 0 Å².